The topological polar surface area (TPSA) is 59.5 Å². The third kappa shape index (κ3) is 3.49. The van der Waals surface area contributed by atoms with E-state index in [-0.39, 0.29) is 18.4 Å². The Morgan fingerprint density at radius 1 is 1.11 bits per heavy atom. The van der Waals surface area contributed by atoms with Crippen molar-refractivity contribution in [1.29, 1.82) is 0 Å². The van der Waals surface area contributed by atoms with E-state index in [0.29, 0.717) is 11.6 Å². The summed E-state index contributed by atoms with van der Waals surface area (Å²) in [6.45, 7) is 1.95. The summed E-state index contributed by atoms with van der Waals surface area (Å²) in [6, 6.07) is 19.3. The molecule has 0 aliphatic rings. The lowest BCUT2D eigenvalue weighted by Crippen LogP contribution is -2.30. The number of fused-ring (bicyclic) bond motifs is 1. The Labute approximate surface area is 157 Å². The van der Waals surface area contributed by atoms with Gasteiger partial charge in [0.25, 0.3) is 0 Å². The number of hydrogen-bond acceptors (Lipinski definition) is 4. The Balaban J connectivity index is 1.47. The van der Waals surface area contributed by atoms with E-state index in [9.17, 15) is 4.79 Å². The van der Waals surface area contributed by atoms with E-state index in [4.69, 9.17) is 8.83 Å². The van der Waals surface area contributed by atoms with Crippen molar-refractivity contribution in [3.05, 3.63) is 78.4 Å². The maximum Gasteiger partial charge on any atom is 0.229 e. The largest absolute Gasteiger partial charge is 0.459 e. The van der Waals surface area contributed by atoms with Crippen LogP contribution in [0, 0.1) is 0 Å². The summed E-state index contributed by atoms with van der Waals surface area (Å²) in [5.41, 5.74) is 2.33. The zero-order valence-corrected chi connectivity index (χ0v) is 15.3. The first-order valence-corrected chi connectivity index (χ1v) is 8.86. The van der Waals surface area contributed by atoms with E-state index in [1.165, 1.54) is 0 Å². The van der Waals surface area contributed by atoms with Crippen LogP contribution in [0.4, 0.5) is 0 Å². The second-order valence-electron chi connectivity index (χ2n) is 6.55. The molecule has 0 saturated carbocycles. The van der Waals surface area contributed by atoms with Crippen molar-refractivity contribution in [3.8, 4) is 11.5 Å². The Kier molecular flexibility index (Phi) is 4.50. The number of para-hydroxylation sites is 1. The lowest BCUT2D eigenvalue weighted by atomic mass is 10.2. The maximum absolute atomic E-state index is 12.7. The van der Waals surface area contributed by atoms with Crippen LogP contribution in [0.1, 0.15) is 24.4 Å². The molecule has 0 aliphatic carbocycles. The van der Waals surface area contributed by atoms with Gasteiger partial charge in [-0.05, 0) is 31.2 Å². The molecule has 0 N–H and O–H groups in total. The molecule has 27 heavy (non-hydrogen) atoms. The number of nitrogens with zero attached hydrogens (tertiary/aromatic N) is 2. The van der Waals surface area contributed by atoms with Crippen molar-refractivity contribution in [2.24, 2.45) is 0 Å². The van der Waals surface area contributed by atoms with Gasteiger partial charge in [0.15, 0.2) is 0 Å². The van der Waals surface area contributed by atoms with Crippen molar-refractivity contribution >= 4 is 16.9 Å². The molecule has 136 valence electrons. The number of carbonyl (C=O) groups is 1. The first kappa shape index (κ1) is 17.1. The minimum absolute atomic E-state index is 0.0455. The van der Waals surface area contributed by atoms with Gasteiger partial charge in [0.2, 0.25) is 11.8 Å². The second-order valence-corrected chi connectivity index (χ2v) is 6.55. The summed E-state index contributed by atoms with van der Waals surface area (Å²) in [7, 11) is 1.78. The Morgan fingerprint density at radius 3 is 2.63 bits per heavy atom. The smallest absolute Gasteiger partial charge is 0.229 e. The lowest BCUT2D eigenvalue weighted by Gasteiger charge is -2.22. The number of aromatic nitrogens is 1. The first-order valence-electron chi connectivity index (χ1n) is 8.86. The molecule has 5 heteroatoms. The molecule has 0 radical (unpaired) electrons. The summed E-state index contributed by atoms with van der Waals surface area (Å²) in [5.74, 6) is 1.24. The van der Waals surface area contributed by atoms with Gasteiger partial charge in [-0.1, -0.05) is 36.4 Å². The average Bonchev–Trinajstić information content (AvgIpc) is 3.34. The number of furan rings is 1. The number of carbonyl (C=O) groups excluding carboxylic acids is 1. The second kappa shape index (κ2) is 7.11. The van der Waals surface area contributed by atoms with Gasteiger partial charge in [-0.3, -0.25) is 4.79 Å². The van der Waals surface area contributed by atoms with Crippen molar-refractivity contribution in [2.45, 2.75) is 19.4 Å². The summed E-state index contributed by atoms with van der Waals surface area (Å²) in [5, 5.41) is 1.03. The van der Waals surface area contributed by atoms with Gasteiger partial charge < -0.3 is 13.7 Å². The van der Waals surface area contributed by atoms with Crippen LogP contribution in [0.15, 0.2) is 75.8 Å². The predicted molar refractivity (Wildman–Crippen MR) is 103 cm³/mol. The molecule has 0 fully saturated rings. The van der Waals surface area contributed by atoms with E-state index in [2.05, 4.69) is 4.98 Å². The Hall–Kier alpha value is -3.34. The van der Waals surface area contributed by atoms with Crippen molar-refractivity contribution in [2.75, 3.05) is 7.05 Å². The molecule has 2 heterocycles. The van der Waals surface area contributed by atoms with Gasteiger partial charge in [0.1, 0.15) is 17.6 Å². The first-order chi connectivity index (χ1) is 13.1. The van der Waals surface area contributed by atoms with Crippen molar-refractivity contribution in [3.63, 3.8) is 0 Å². The van der Waals surface area contributed by atoms with Gasteiger partial charge in [-0.15, -0.1) is 0 Å². The van der Waals surface area contributed by atoms with Crippen LogP contribution in [0.25, 0.3) is 22.4 Å². The number of likely N-dealkylation sites (N-methyl/N-ethyl adjacent to an activating group) is 1. The summed E-state index contributed by atoms with van der Waals surface area (Å²) >= 11 is 0. The number of benzene rings is 2. The molecule has 5 nitrogen and oxygen atoms in total. The highest BCUT2D eigenvalue weighted by Crippen LogP contribution is 2.27. The van der Waals surface area contributed by atoms with Crippen molar-refractivity contribution in [1.82, 2.24) is 9.88 Å². The molecule has 1 unspecified atom stereocenters. The summed E-state index contributed by atoms with van der Waals surface area (Å²) in [4.78, 5) is 18.8. The number of rotatable bonds is 5. The van der Waals surface area contributed by atoms with Crippen LogP contribution < -0.4 is 0 Å². The van der Waals surface area contributed by atoms with E-state index < -0.39 is 0 Å². The van der Waals surface area contributed by atoms with Crippen LogP contribution in [0.2, 0.25) is 0 Å². The third-order valence-corrected chi connectivity index (χ3v) is 4.74. The number of oxazole rings is 1. The van der Waals surface area contributed by atoms with Crippen molar-refractivity contribution < 1.29 is 13.6 Å². The summed E-state index contributed by atoms with van der Waals surface area (Å²) in [6.07, 6.45) is 1.72. The standard InChI is InChI=1S/C22H20N2O3/c1-15(20-12-17-10-6-7-11-19(17)27-20)24(2)21(25)13-18-14-26-22(23-18)16-8-4-3-5-9-16/h3-12,14-15H,13H2,1-2H3. The molecule has 1 amide bonds. The van der Waals surface area contributed by atoms with Gasteiger partial charge in [-0.2, -0.15) is 0 Å². The number of amides is 1. The Bertz CT molecular complexity index is 1030. The molecular formula is C22H20N2O3. The fourth-order valence-corrected chi connectivity index (χ4v) is 3.00. The lowest BCUT2D eigenvalue weighted by molar-refractivity contribution is -0.131. The fourth-order valence-electron chi connectivity index (χ4n) is 3.00. The van der Waals surface area contributed by atoms with Crippen LogP contribution >= 0.6 is 0 Å². The molecular weight excluding hydrogens is 340 g/mol. The molecule has 0 bridgehead atoms. The molecule has 0 aliphatic heterocycles. The van der Waals surface area contributed by atoms with Crippen LogP contribution in [-0.4, -0.2) is 22.8 Å². The van der Waals surface area contributed by atoms with Gasteiger partial charge in [0.05, 0.1) is 18.2 Å². The zero-order valence-electron chi connectivity index (χ0n) is 15.3. The molecule has 0 spiro atoms. The number of hydrogen-bond donors (Lipinski definition) is 0. The van der Waals surface area contributed by atoms with E-state index in [1.54, 1.807) is 18.2 Å². The molecule has 0 saturated heterocycles. The SMILES string of the molecule is CC(c1cc2ccccc2o1)N(C)C(=O)Cc1coc(-c2ccccc2)n1. The molecule has 4 rings (SSSR count). The van der Waals surface area contributed by atoms with Crippen LogP contribution in [0.5, 0.6) is 0 Å². The third-order valence-electron chi connectivity index (χ3n) is 4.74. The minimum atomic E-state index is -0.176. The maximum atomic E-state index is 12.7. The predicted octanol–water partition coefficient (Wildman–Crippen LogP) is 4.85. The fraction of sp³-hybridized carbons (Fsp3) is 0.182. The van der Waals surface area contributed by atoms with E-state index in [0.717, 1.165) is 22.3 Å². The molecule has 2 aromatic carbocycles. The average molecular weight is 360 g/mol. The van der Waals surface area contributed by atoms with Gasteiger partial charge in [-0.25, -0.2) is 4.98 Å². The minimum Gasteiger partial charge on any atom is -0.459 e. The molecule has 4 aromatic rings. The van der Waals surface area contributed by atoms with Gasteiger partial charge >= 0.3 is 0 Å². The van der Waals surface area contributed by atoms with Gasteiger partial charge in [0, 0.05) is 18.0 Å². The Morgan fingerprint density at radius 2 is 1.85 bits per heavy atom. The normalized spacial score (nSPS) is 12.2. The molecule has 2 aromatic heterocycles. The van der Waals surface area contributed by atoms with Crippen LogP contribution in [-0.2, 0) is 11.2 Å². The quantitative estimate of drug-likeness (QED) is 0.510. The zero-order chi connectivity index (χ0) is 18.8. The monoisotopic (exact) mass is 360 g/mol. The highest BCUT2D eigenvalue weighted by Gasteiger charge is 2.22. The summed E-state index contributed by atoms with van der Waals surface area (Å²) < 4.78 is 11.4. The highest BCUT2D eigenvalue weighted by atomic mass is 16.3. The van der Waals surface area contributed by atoms with Crippen LogP contribution in [0.3, 0.4) is 0 Å². The highest BCUT2D eigenvalue weighted by molar-refractivity contribution is 5.80. The molecule has 1 atom stereocenters. The van der Waals surface area contributed by atoms with E-state index >= 15 is 0 Å². The van der Waals surface area contributed by atoms with E-state index in [1.807, 2.05) is 67.6 Å².